The lowest BCUT2D eigenvalue weighted by atomic mass is 9.99. The van der Waals surface area contributed by atoms with Crippen molar-refractivity contribution < 1.29 is 4.79 Å². The van der Waals surface area contributed by atoms with Gasteiger partial charge in [0.1, 0.15) is 0 Å². The Balaban J connectivity index is 1.50. The maximum absolute atomic E-state index is 12.0. The number of nitrogens with zero attached hydrogens (tertiary/aromatic N) is 2. The third kappa shape index (κ3) is 5.09. The highest BCUT2D eigenvalue weighted by Crippen LogP contribution is 2.24. The number of piperidine rings is 1. The van der Waals surface area contributed by atoms with Gasteiger partial charge in [-0.1, -0.05) is 18.7 Å². The number of aromatic nitrogens is 2. The van der Waals surface area contributed by atoms with Crippen LogP contribution in [0, 0.1) is 5.92 Å². The van der Waals surface area contributed by atoms with E-state index in [0.717, 1.165) is 24.7 Å². The molecule has 2 aromatic rings. The first-order chi connectivity index (χ1) is 12.1. The first-order valence-electron chi connectivity index (χ1n) is 8.43. The molecule has 1 aromatic carbocycles. The zero-order chi connectivity index (χ0) is 17.6. The fraction of sp³-hybridized carbons (Fsp3) is 0.389. The molecular weight excluding hydrogens is 336 g/mol. The average molecular weight is 358 g/mol. The molecule has 3 rings (SSSR count). The molecule has 25 heavy (non-hydrogen) atoms. The number of anilines is 2. The van der Waals surface area contributed by atoms with Crippen LogP contribution in [0.2, 0.25) is 0 Å². The molecule has 0 saturated carbocycles. The van der Waals surface area contributed by atoms with Gasteiger partial charge < -0.3 is 15.2 Å². The minimum atomic E-state index is -0.222. The van der Waals surface area contributed by atoms with E-state index in [1.54, 1.807) is 0 Å². The lowest BCUT2D eigenvalue weighted by Crippen LogP contribution is -2.32. The highest BCUT2D eigenvalue weighted by atomic mass is 32.2. The summed E-state index contributed by atoms with van der Waals surface area (Å²) in [5.41, 5.74) is 1.75. The van der Waals surface area contributed by atoms with Crippen molar-refractivity contribution in [3.8, 4) is 0 Å². The standard InChI is InChI=1S/C18H22N4O2S/c1-13-7-10-22(11-8-13)15-4-2-14(3-5-15)20-17(24)12-25-18-19-9-6-16(23)21-18/h2-6,9,13H,7-8,10-12H2,1H3,(H,20,24)(H,19,21,23). The van der Waals surface area contributed by atoms with Crippen molar-refractivity contribution in [2.45, 2.75) is 24.9 Å². The number of rotatable bonds is 5. The molecule has 7 heteroatoms. The molecule has 0 bridgehead atoms. The third-order valence-electron chi connectivity index (χ3n) is 4.29. The second-order valence-electron chi connectivity index (χ2n) is 6.29. The Morgan fingerprint density at radius 2 is 2.00 bits per heavy atom. The second-order valence-corrected chi connectivity index (χ2v) is 7.26. The second kappa shape index (κ2) is 8.20. The van der Waals surface area contributed by atoms with Gasteiger partial charge in [0.15, 0.2) is 5.16 Å². The van der Waals surface area contributed by atoms with Gasteiger partial charge >= 0.3 is 0 Å². The van der Waals surface area contributed by atoms with E-state index in [4.69, 9.17) is 0 Å². The topological polar surface area (TPSA) is 78.1 Å². The van der Waals surface area contributed by atoms with Crippen molar-refractivity contribution >= 4 is 29.0 Å². The van der Waals surface area contributed by atoms with Crippen LogP contribution in [0.1, 0.15) is 19.8 Å². The maximum atomic E-state index is 12.0. The minimum absolute atomic E-state index is 0.129. The Morgan fingerprint density at radius 3 is 2.68 bits per heavy atom. The first-order valence-corrected chi connectivity index (χ1v) is 9.42. The highest BCUT2D eigenvalue weighted by molar-refractivity contribution is 7.99. The number of nitrogens with one attached hydrogen (secondary N) is 2. The normalized spacial score (nSPS) is 15.2. The van der Waals surface area contributed by atoms with Crippen molar-refractivity contribution in [3.63, 3.8) is 0 Å². The van der Waals surface area contributed by atoms with E-state index in [1.165, 1.54) is 42.6 Å². The molecule has 1 saturated heterocycles. The zero-order valence-electron chi connectivity index (χ0n) is 14.2. The van der Waals surface area contributed by atoms with Crippen molar-refractivity contribution in [2.75, 3.05) is 29.1 Å². The summed E-state index contributed by atoms with van der Waals surface area (Å²) in [5.74, 6) is 0.871. The van der Waals surface area contributed by atoms with Crippen LogP contribution in [0.5, 0.6) is 0 Å². The number of carbonyl (C=O) groups excluding carboxylic acids is 1. The van der Waals surface area contributed by atoms with E-state index in [2.05, 4.69) is 39.2 Å². The van der Waals surface area contributed by atoms with E-state index < -0.39 is 0 Å². The smallest absolute Gasteiger partial charge is 0.251 e. The van der Waals surface area contributed by atoms with E-state index in [-0.39, 0.29) is 17.2 Å². The number of hydrogen-bond acceptors (Lipinski definition) is 5. The van der Waals surface area contributed by atoms with E-state index in [1.807, 2.05) is 12.1 Å². The number of H-pyrrole nitrogens is 1. The molecule has 0 radical (unpaired) electrons. The molecule has 132 valence electrons. The number of aromatic amines is 1. The fourth-order valence-electron chi connectivity index (χ4n) is 2.78. The van der Waals surface area contributed by atoms with Gasteiger partial charge in [0.25, 0.3) is 5.56 Å². The van der Waals surface area contributed by atoms with Gasteiger partial charge in [-0.25, -0.2) is 4.98 Å². The van der Waals surface area contributed by atoms with Crippen molar-refractivity contribution in [2.24, 2.45) is 5.92 Å². The summed E-state index contributed by atoms with van der Waals surface area (Å²) in [6, 6.07) is 9.30. The first kappa shape index (κ1) is 17.5. The van der Waals surface area contributed by atoms with Crippen LogP contribution in [0.3, 0.4) is 0 Å². The maximum Gasteiger partial charge on any atom is 0.251 e. The molecule has 0 unspecified atom stereocenters. The lowest BCUT2D eigenvalue weighted by molar-refractivity contribution is -0.113. The number of hydrogen-bond donors (Lipinski definition) is 2. The summed E-state index contributed by atoms with van der Waals surface area (Å²) >= 11 is 1.20. The fourth-order valence-corrected chi connectivity index (χ4v) is 3.43. The third-order valence-corrected chi connectivity index (χ3v) is 5.18. The summed E-state index contributed by atoms with van der Waals surface area (Å²) in [5, 5.41) is 3.31. The Morgan fingerprint density at radius 1 is 1.28 bits per heavy atom. The highest BCUT2D eigenvalue weighted by Gasteiger charge is 2.15. The monoisotopic (exact) mass is 358 g/mol. The molecule has 1 aliphatic heterocycles. The van der Waals surface area contributed by atoms with E-state index in [9.17, 15) is 9.59 Å². The summed E-state index contributed by atoms with van der Waals surface area (Å²) in [6.45, 7) is 4.48. The van der Waals surface area contributed by atoms with Gasteiger partial charge in [-0.2, -0.15) is 0 Å². The van der Waals surface area contributed by atoms with Gasteiger partial charge in [-0.3, -0.25) is 9.59 Å². The Hall–Kier alpha value is -2.28. The van der Waals surface area contributed by atoms with Crippen LogP contribution in [-0.4, -0.2) is 34.7 Å². The van der Waals surface area contributed by atoms with Gasteiger partial charge in [-0.05, 0) is 43.0 Å². The molecule has 0 spiro atoms. The number of thioether (sulfide) groups is 1. The summed E-state index contributed by atoms with van der Waals surface area (Å²) in [7, 11) is 0. The quantitative estimate of drug-likeness (QED) is 0.635. The largest absolute Gasteiger partial charge is 0.372 e. The molecule has 6 nitrogen and oxygen atoms in total. The van der Waals surface area contributed by atoms with Crippen molar-refractivity contribution in [1.82, 2.24) is 9.97 Å². The predicted octanol–water partition coefficient (Wildman–Crippen LogP) is 2.74. The van der Waals surface area contributed by atoms with Crippen LogP contribution >= 0.6 is 11.8 Å². The molecule has 0 atom stereocenters. The van der Waals surface area contributed by atoms with Crippen molar-refractivity contribution in [3.05, 3.63) is 46.9 Å². The molecule has 0 aliphatic carbocycles. The number of benzene rings is 1. The molecular formula is C18H22N4O2S. The number of carbonyl (C=O) groups is 1. The van der Waals surface area contributed by atoms with Crippen LogP contribution < -0.4 is 15.8 Å². The van der Waals surface area contributed by atoms with E-state index >= 15 is 0 Å². The van der Waals surface area contributed by atoms with E-state index in [0.29, 0.717) is 5.16 Å². The van der Waals surface area contributed by atoms with Crippen LogP contribution in [0.25, 0.3) is 0 Å². The number of amides is 1. The molecule has 2 N–H and O–H groups in total. The molecule has 2 heterocycles. The average Bonchev–Trinajstić information content (AvgIpc) is 2.62. The lowest BCUT2D eigenvalue weighted by Gasteiger charge is -2.32. The van der Waals surface area contributed by atoms with Crippen molar-refractivity contribution in [1.29, 1.82) is 0 Å². The SMILES string of the molecule is CC1CCN(c2ccc(NC(=O)CSc3nccc(=O)[nH]3)cc2)CC1. The molecule has 1 aliphatic rings. The summed E-state index contributed by atoms with van der Waals surface area (Å²) < 4.78 is 0. The predicted molar refractivity (Wildman–Crippen MR) is 101 cm³/mol. The Labute approximate surface area is 151 Å². The Bertz CT molecular complexity index is 767. The summed E-state index contributed by atoms with van der Waals surface area (Å²) in [4.78, 5) is 32.2. The van der Waals surface area contributed by atoms with Gasteiger partial charge in [0.2, 0.25) is 5.91 Å². The Kier molecular flexibility index (Phi) is 5.75. The van der Waals surface area contributed by atoms with Crippen LogP contribution in [-0.2, 0) is 4.79 Å². The minimum Gasteiger partial charge on any atom is -0.372 e. The zero-order valence-corrected chi connectivity index (χ0v) is 15.0. The molecule has 1 aromatic heterocycles. The van der Waals surface area contributed by atoms with Gasteiger partial charge in [-0.15, -0.1) is 0 Å². The molecule has 1 amide bonds. The van der Waals surface area contributed by atoms with Gasteiger partial charge in [0.05, 0.1) is 5.75 Å². The molecule has 1 fully saturated rings. The summed E-state index contributed by atoms with van der Waals surface area (Å²) in [6.07, 6.45) is 3.88. The van der Waals surface area contributed by atoms with Crippen LogP contribution in [0.4, 0.5) is 11.4 Å². The van der Waals surface area contributed by atoms with Crippen LogP contribution in [0.15, 0.2) is 46.5 Å². The van der Waals surface area contributed by atoms with Gasteiger partial charge in [0, 0.05) is 36.7 Å².